The average molecular weight is 659 g/mol. The van der Waals surface area contributed by atoms with E-state index in [1.165, 1.54) is 76.7 Å². The molecule has 246 valence electrons. The zero-order valence-corrected chi connectivity index (χ0v) is 29.8. The fraction of sp³-hybridized carbons (Fsp3) is 0.128. The number of fused-ring (bicyclic) bond motifs is 9. The molecule has 4 heterocycles. The minimum absolute atomic E-state index is 0.888. The van der Waals surface area contributed by atoms with Gasteiger partial charge in [0.25, 0.3) is 0 Å². The fourth-order valence-corrected chi connectivity index (χ4v) is 8.37. The number of rotatable bonds is 3. The van der Waals surface area contributed by atoms with Crippen LogP contribution in [0.25, 0.3) is 82.7 Å². The Morgan fingerprint density at radius 1 is 0.294 bits per heavy atom. The van der Waals surface area contributed by atoms with Crippen molar-refractivity contribution in [3.8, 4) is 17.3 Å². The Bertz CT molecular complexity index is 2570. The highest BCUT2D eigenvalue weighted by Crippen LogP contribution is 2.39. The maximum atomic E-state index is 5.62. The van der Waals surface area contributed by atoms with Crippen molar-refractivity contribution in [3.63, 3.8) is 0 Å². The first kappa shape index (κ1) is 29.8. The molecule has 0 saturated heterocycles. The van der Waals surface area contributed by atoms with Crippen molar-refractivity contribution >= 4 is 65.4 Å². The van der Waals surface area contributed by atoms with Gasteiger partial charge in [-0.1, -0.05) is 69.8 Å². The highest BCUT2D eigenvalue weighted by Gasteiger charge is 2.21. The molecule has 0 amide bonds. The molecule has 0 fully saturated rings. The number of benzene rings is 6. The topological polar surface area (TPSA) is 27.7 Å². The maximum Gasteiger partial charge on any atom is 0.142 e. The second-order valence-corrected chi connectivity index (χ2v) is 14.7. The van der Waals surface area contributed by atoms with Crippen LogP contribution >= 0.6 is 0 Å². The third kappa shape index (κ3) is 4.42. The Hall–Kier alpha value is -6.13. The lowest BCUT2D eigenvalue weighted by Crippen LogP contribution is -2.07. The fourth-order valence-electron chi connectivity index (χ4n) is 8.37. The van der Waals surface area contributed by atoms with Gasteiger partial charge >= 0.3 is 0 Å². The molecule has 0 N–H and O–H groups in total. The van der Waals surface area contributed by atoms with Crippen molar-refractivity contribution in [2.45, 2.75) is 41.5 Å². The minimum atomic E-state index is 0.888. The predicted octanol–water partition coefficient (Wildman–Crippen LogP) is 12.2. The van der Waals surface area contributed by atoms with Gasteiger partial charge in [-0.05, 0) is 114 Å². The van der Waals surface area contributed by atoms with E-state index in [-0.39, 0.29) is 0 Å². The van der Waals surface area contributed by atoms with Gasteiger partial charge in [0.05, 0.1) is 38.8 Å². The van der Waals surface area contributed by atoms with E-state index in [0.717, 1.165) is 39.4 Å². The monoisotopic (exact) mass is 658 g/mol. The van der Waals surface area contributed by atoms with Gasteiger partial charge in [0, 0.05) is 44.5 Å². The number of pyridine rings is 1. The molecule has 51 heavy (non-hydrogen) atoms. The summed E-state index contributed by atoms with van der Waals surface area (Å²) < 4.78 is 7.16. The average Bonchev–Trinajstić information content (AvgIpc) is 3.72. The number of hydrogen-bond donors (Lipinski definition) is 0. The van der Waals surface area contributed by atoms with E-state index in [1.54, 1.807) is 0 Å². The quantitative estimate of drug-likeness (QED) is 0.186. The van der Waals surface area contributed by atoms with Gasteiger partial charge < -0.3 is 4.57 Å². The van der Waals surface area contributed by atoms with Gasteiger partial charge in [-0.3, -0.25) is 9.13 Å². The first-order chi connectivity index (χ1) is 24.7. The van der Waals surface area contributed by atoms with E-state index in [1.807, 2.05) is 0 Å². The summed E-state index contributed by atoms with van der Waals surface area (Å²) >= 11 is 0. The molecule has 0 aliphatic carbocycles. The molecule has 0 radical (unpaired) electrons. The standard InChI is InChI=1S/C47H38N4/c1-27-7-13-40-34(19-27)35-20-28(2)8-14-41(35)49(40)33-25-46(50-42-15-9-29(3)21-36(42)37-22-30(4)10-16-43(37)50)48-47(26-33)51-44-17-11-31(5)23-38(44)39-24-32(6)12-18-45(39)51/h7-26H,1-6H3. The summed E-state index contributed by atoms with van der Waals surface area (Å²) in [6.07, 6.45) is 0. The van der Waals surface area contributed by atoms with E-state index < -0.39 is 0 Å². The lowest BCUT2D eigenvalue weighted by atomic mass is 10.1. The van der Waals surface area contributed by atoms with E-state index in [4.69, 9.17) is 4.98 Å². The van der Waals surface area contributed by atoms with Crippen LogP contribution in [0.4, 0.5) is 0 Å². The van der Waals surface area contributed by atoms with Crippen LogP contribution in [-0.2, 0) is 0 Å². The molecule has 0 atom stereocenters. The molecule has 10 aromatic rings. The Morgan fingerprint density at radius 3 is 0.784 bits per heavy atom. The van der Waals surface area contributed by atoms with Crippen molar-refractivity contribution in [3.05, 3.63) is 155 Å². The summed E-state index contributed by atoms with van der Waals surface area (Å²) in [5.41, 5.74) is 15.6. The van der Waals surface area contributed by atoms with Crippen molar-refractivity contribution in [2.24, 2.45) is 0 Å². The van der Waals surface area contributed by atoms with E-state index in [9.17, 15) is 0 Å². The molecule has 0 bridgehead atoms. The van der Waals surface area contributed by atoms with Crippen LogP contribution in [0.1, 0.15) is 33.4 Å². The summed E-state index contributed by atoms with van der Waals surface area (Å²) in [6, 6.07) is 45.3. The predicted molar refractivity (Wildman–Crippen MR) is 216 cm³/mol. The number of hydrogen-bond acceptors (Lipinski definition) is 1. The highest BCUT2D eigenvalue weighted by atomic mass is 15.1. The van der Waals surface area contributed by atoms with Crippen LogP contribution in [0.2, 0.25) is 0 Å². The molecule has 6 aromatic carbocycles. The summed E-state index contributed by atoms with van der Waals surface area (Å²) in [5, 5.41) is 7.50. The third-order valence-corrected chi connectivity index (χ3v) is 10.7. The lowest BCUT2D eigenvalue weighted by molar-refractivity contribution is 0.997. The molecule has 4 aromatic heterocycles. The normalized spacial score (nSPS) is 12.1. The van der Waals surface area contributed by atoms with Crippen LogP contribution in [0.3, 0.4) is 0 Å². The Kier molecular flexibility index (Phi) is 6.23. The Morgan fingerprint density at radius 2 is 0.529 bits per heavy atom. The summed E-state index contributed by atoms with van der Waals surface area (Å²) in [6.45, 7) is 13.1. The molecule has 0 unspecified atom stereocenters. The molecule has 10 rings (SSSR count). The molecule has 0 saturated carbocycles. The van der Waals surface area contributed by atoms with E-state index in [2.05, 4.69) is 177 Å². The van der Waals surface area contributed by atoms with Crippen molar-refractivity contribution in [1.29, 1.82) is 0 Å². The van der Waals surface area contributed by atoms with Gasteiger partial charge in [-0.15, -0.1) is 0 Å². The molecule has 4 heteroatoms. The molecule has 0 aliphatic rings. The molecule has 4 nitrogen and oxygen atoms in total. The Labute approximate surface area is 296 Å². The second-order valence-electron chi connectivity index (χ2n) is 14.7. The molecular weight excluding hydrogens is 621 g/mol. The molecule has 0 aliphatic heterocycles. The zero-order valence-electron chi connectivity index (χ0n) is 29.8. The highest BCUT2D eigenvalue weighted by molar-refractivity contribution is 6.12. The van der Waals surface area contributed by atoms with Crippen LogP contribution in [0, 0.1) is 41.5 Å². The van der Waals surface area contributed by atoms with E-state index >= 15 is 0 Å². The van der Waals surface area contributed by atoms with Gasteiger partial charge in [-0.25, -0.2) is 4.98 Å². The SMILES string of the molecule is Cc1ccc2c(c1)c1cc(C)ccc1n2-c1cc(-n2c3ccc(C)cc3c3cc(C)ccc32)nc(-n2c3ccc(C)cc3c3cc(C)ccc32)c1. The van der Waals surface area contributed by atoms with Crippen LogP contribution in [0.15, 0.2) is 121 Å². The number of nitrogens with zero attached hydrogens (tertiary/aromatic N) is 4. The summed E-state index contributed by atoms with van der Waals surface area (Å²) in [7, 11) is 0. The van der Waals surface area contributed by atoms with Crippen LogP contribution in [0.5, 0.6) is 0 Å². The smallest absolute Gasteiger partial charge is 0.142 e. The molecule has 0 spiro atoms. The third-order valence-electron chi connectivity index (χ3n) is 10.7. The van der Waals surface area contributed by atoms with Gasteiger partial charge in [0.15, 0.2) is 0 Å². The van der Waals surface area contributed by atoms with Crippen LogP contribution in [-0.4, -0.2) is 18.7 Å². The lowest BCUT2D eigenvalue weighted by Gasteiger charge is -2.16. The Balaban J connectivity index is 1.38. The largest absolute Gasteiger partial charge is 0.309 e. The maximum absolute atomic E-state index is 5.62. The summed E-state index contributed by atoms with van der Waals surface area (Å²) in [5.74, 6) is 1.78. The summed E-state index contributed by atoms with van der Waals surface area (Å²) in [4.78, 5) is 5.62. The first-order valence-corrected chi connectivity index (χ1v) is 17.8. The van der Waals surface area contributed by atoms with Gasteiger partial charge in [0.1, 0.15) is 11.6 Å². The van der Waals surface area contributed by atoms with Gasteiger partial charge in [-0.2, -0.15) is 0 Å². The molecular formula is C47H38N4. The number of aromatic nitrogens is 4. The number of aryl methyl sites for hydroxylation is 6. The van der Waals surface area contributed by atoms with Crippen LogP contribution < -0.4 is 0 Å². The van der Waals surface area contributed by atoms with Crippen molar-refractivity contribution in [2.75, 3.05) is 0 Å². The van der Waals surface area contributed by atoms with Crippen molar-refractivity contribution in [1.82, 2.24) is 18.7 Å². The first-order valence-electron chi connectivity index (χ1n) is 17.8. The van der Waals surface area contributed by atoms with E-state index in [0.29, 0.717) is 0 Å². The van der Waals surface area contributed by atoms with Gasteiger partial charge in [0.2, 0.25) is 0 Å². The van der Waals surface area contributed by atoms with Crippen molar-refractivity contribution < 1.29 is 0 Å². The zero-order chi connectivity index (χ0) is 34.7. The second kappa shape index (κ2) is 10.7. The minimum Gasteiger partial charge on any atom is -0.309 e.